The predicted molar refractivity (Wildman–Crippen MR) is 166 cm³/mol. The fraction of sp³-hybridized carbons (Fsp3) is 0.500. The second-order valence-electron chi connectivity index (χ2n) is 12.5. The Bertz CT molecular complexity index is 1560. The van der Waals surface area contributed by atoms with Gasteiger partial charge in [-0.05, 0) is 96.3 Å². The van der Waals surface area contributed by atoms with Crippen molar-refractivity contribution in [1.29, 1.82) is 0 Å². The highest BCUT2D eigenvalue weighted by atomic mass is 32.1. The summed E-state index contributed by atoms with van der Waals surface area (Å²) in [7, 11) is 0. The SMILES string of the molecule is CC(C)(C)OC(=O)N(Cc1ccc(-c2nc3sc4cc(C(=O)NCCCN5CCCCC5)ccc4n3n2)cc1)C1CC1. The van der Waals surface area contributed by atoms with Crippen LogP contribution in [0.2, 0.25) is 0 Å². The molecule has 0 spiro atoms. The number of aromatic nitrogens is 3. The number of piperidine rings is 1. The molecular weight excluding hydrogens is 548 g/mol. The summed E-state index contributed by atoms with van der Waals surface area (Å²) >= 11 is 1.53. The minimum Gasteiger partial charge on any atom is -0.444 e. The number of ether oxygens (including phenoxy) is 1. The number of nitrogens with zero attached hydrogens (tertiary/aromatic N) is 5. The first-order chi connectivity index (χ1) is 20.2. The lowest BCUT2D eigenvalue weighted by atomic mass is 10.1. The van der Waals surface area contributed by atoms with E-state index in [-0.39, 0.29) is 18.0 Å². The van der Waals surface area contributed by atoms with E-state index in [1.54, 1.807) is 0 Å². The molecule has 1 aliphatic heterocycles. The molecule has 2 fully saturated rings. The van der Waals surface area contributed by atoms with Gasteiger partial charge in [-0.1, -0.05) is 42.0 Å². The Morgan fingerprint density at radius 2 is 1.83 bits per heavy atom. The number of carbonyl (C=O) groups excluding carboxylic acids is 2. The highest BCUT2D eigenvalue weighted by Gasteiger charge is 2.35. The summed E-state index contributed by atoms with van der Waals surface area (Å²) in [5.41, 5.74) is 3.04. The largest absolute Gasteiger partial charge is 0.444 e. The van der Waals surface area contributed by atoms with E-state index < -0.39 is 5.60 Å². The van der Waals surface area contributed by atoms with Gasteiger partial charge in [-0.15, -0.1) is 5.10 Å². The topological polar surface area (TPSA) is 92.1 Å². The van der Waals surface area contributed by atoms with Crippen molar-refractivity contribution in [3.05, 3.63) is 53.6 Å². The smallest absolute Gasteiger partial charge is 0.410 e. The average Bonchev–Trinajstić information content (AvgIpc) is 3.63. The predicted octanol–water partition coefficient (Wildman–Crippen LogP) is 6.12. The minimum atomic E-state index is -0.516. The van der Waals surface area contributed by atoms with Gasteiger partial charge in [0.15, 0.2) is 5.82 Å². The van der Waals surface area contributed by atoms with Crippen LogP contribution in [-0.4, -0.2) is 74.2 Å². The number of hydrogen-bond acceptors (Lipinski definition) is 7. The van der Waals surface area contributed by atoms with Crippen LogP contribution in [0.1, 0.15) is 75.2 Å². The Balaban J connectivity index is 1.09. The number of benzene rings is 2. The van der Waals surface area contributed by atoms with Gasteiger partial charge in [0.05, 0.1) is 10.2 Å². The van der Waals surface area contributed by atoms with Crippen molar-refractivity contribution < 1.29 is 14.3 Å². The molecule has 2 amide bonds. The van der Waals surface area contributed by atoms with E-state index in [0.29, 0.717) is 24.5 Å². The number of amides is 2. The van der Waals surface area contributed by atoms with E-state index in [1.165, 1.54) is 43.7 Å². The third-order valence-corrected chi connectivity index (χ3v) is 8.79. The number of rotatable bonds is 9. The minimum absolute atomic E-state index is 0.0396. The molecule has 2 aromatic carbocycles. The van der Waals surface area contributed by atoms with E-state index in [9.17, 15) is 9.59 Å². The molecule has 0 radical (unpaired) electrons. The van der Waals surface area contributed by atoms with Crippen molar-refractivity contribution in [2.75, 3.05) is 26.2 Å². The third-order valence-electron chi connectivity index (χ3n) is 7.79. The van der Waals surface area contributed by atoms with Gasteiger partial charge in [-0.3, -0.25) is 4.79 Å². The summed E-state index contributed by atoms with van der Waals surface area (Å²) in [6, 6.07) is 14.1. The second-order valence-corrected chi connectivity index (χ2v) is 13.5. The molecule has 1 saturated heterocycles. The summed E-state index contributed by atoms with van der Waals surface area (Å²) in [5, 5.41) is 7.85. The summed E-state index contributed by atoms with van der Waals surface area (Å²) in [6.45, 7) is 10.3. The molecule has 6 rings (SSSR count). The maximum atomic E-state index is 12.8. The fourth-order valence-corrected chi connectivity index (χ4v) is 6.45. The summed E-state index contributed by atoms with van der Waals surface area (Å²) < 4.78 is 8.46. The Hall–Kier alpha value is -3.50. The zero-order valence-corrected chi connectivity index (χ0v) is 25.6. The third kappa shape index (κ3) is 6.76. The number of fused-ring (bicyclic) bond motifs is 3. The zero-order chi connectivity index (χ0) is 29.3. The molecule has 9 nitrogen and oxygen atoms in total. The van der Waals surface area contributed by atoms with Crippen LogP contribution in [-0.2, 0) is 11.3 Å². The standard InChI is InChI=1S/C32H40N6O3S/c1-32(2,3)41-31(40)37(25-13-14-25)21-22-8-10-23(11-9-22)28-34-30-38(35-28)26-15-12-24(20-27(26)42-30)29(39)33-16-7-19-36-17-5-4-6-18-36/h8-12,15,20,25H,4-7,13-14,16-19,21H2,1-3H3,(H,33,39). The first kappa shape index (κ1) is 28.6. The van der Waals surface area contributed by atoms with Crippen molar-refractivity contribution in [2.24, 2.45) is 0 Å². The van der Waals surface area contributed by atoms with E-state index in [2.05, 4.69) is 10.2 Å². The molecule has 0 bridgehead atoms. The van der Waals surface area contributed by atoms with Crippen LogP contribution in [0, 0.1) is 0 Å². The molecule has 2 aliphatic rings. The molecule has 4 aromatic rings. The molecular formula is C32H40N6O3S. The number of carbonyl (C=O) groups is 2. The van der Waals surface area contributed by atoms with Gasteiger partial charge in [0, 0.05) is 30.3 Å². The normalized spacial score (nSPS) is 16.2. The van der Waals surface area contributed by atoms with E-state index >= 15 is 0 Å². The summed E-state index contributed by atoms with van der Waals surface area (Å²) in [5.74, 6) is 0.610. The van der Waals surface area contributed by atoms with E-state index in [0.717, 1.165) is 52.1 Å². The molecule has 1 N–H and O–H groups in total. The van der Waals surface area contributed by atoms with Gasteiger partial charge < -0.3 is 19.9 Å². The molecule has 0 unspecified atom stereocenters. The van der Waals surface area contributed by atoms with Gasteiger partial charge in [0.25, 0.3) is 5.91 Å². The molecule has 42 heavy (non-hydrogen) atoms. The number of likely N-dealkylation sites (tertiary alicyclic amines) is 1. The Morgan fingerprint density at radius 1 is 1.07 bits per heavy atom. The van der Waals surface area contributed by atoms with Crippen molar-refractivity contribution >= 4 is 38.5 Å². The lowest BCUT2D eigenvalue weighted by molar-refractivity contribution is 0.0216. The lowest BCUT2D eigenvalue weighted by Crippen LogP contribution is -2.37. The van der Waals surface area contributed by atoms with E-state index in [4.69, 9.17) is 14.8 Å². The van der Waals surface area contributed by atoms with Crippen molar-refractivity contribution in [1.82, 2.24) is 29.7 Å². The lowest BCUT2D eigenvalue weighted by Gasteiger charge is -2.27. The first-order valence-corrected chi connectivity index (χ1v) is 15.9. The molecule has 10 heteroatoms. The van der Waals surface area contributed by atoms with Crippen LogP contribution in [0.4, 0.5) is 4.79 Å². The summed E-state index contributed by atoms with van der Waals surface area (Å²) in [6.07, 6.45) is 6.66. The number of hydrogen-bond donors (Lipinski definition) is 1. The van der Waals surface area contributed by atoms with Crippen LogP contribution < -0.4 is 5.32 Å². The second kappa shape index (κ2) is 12.0. The summed E-state index contributed by atoms with van der Waals surface area (Å²) in [4.78, 5) is 35.4. The monoisotopic (exact) mass is 588 g/mol. The molecule has 0 atom stereocenters. The van der Waals surface area contributed by atoms with Gasteiger partial charge in [-0.2, -0.15) is 4.98 Å². The van der Waals surface area contributed by atoms with E-state index in [1.807, 2.05) is 72.7 Å². The van der Waals surface area contributed by atoms with Gasteiger partial charge in [0.1, 0.15) is 5.60 Å². The van der Waals surface area contributed by atoms with Gasteiger partial charge >= 0.3 is 6.09 Å². The maximum absolute atomic E-state index is 12.8. The molecule has 3 heterocycles. The molecule has 2 aromatic heterocycles. The van der Waals surface area contributed by atoms with Crippen LogP contribution in [0.15, 0.2) is 42.5 Å². The Kier molecular flexibility index (Phi) is 8.18. The highest BCUT2D eigenvalue weighted by Crippen LogP contribution is 2.31. The van der Waals surface area contributed by atoms with Crippen molar-refractivity contribution in [3.8, 4) is 11.4 Å². The Labute approximate surface area is 250 Å². The van der Waals surface area contributed by atoms with Crippen molar-refractivity contribution in [2.45, 2.75) is 77.5 Å². The van der Waals surface area contributed by atoms with Gasteiger partial charge in [-0.25, -0.2) is 9.31 Å². The molecule has 222 valence electrons. The van der Waals surface area contributed by atoms with Crippen LogP contribution in [0.25, 0.3) is 26.6 Å². The quantitative estimate of drug-likeness (QED) is 0.237. The maximum Gasteiger partial charge on any atom is 0.410 e. The van der Waals surface area contributed by atoms with Crippen molar-refractivity contribution in [3.63, 3.8) is 0 Å². The zero-order valence-electron chi connectivity index (χ0n) is 24.8. The van der Waals surface area contributed by atoms with Crippen LogP contribution >= 0.6 is 11.3 Å². The number of nitrogens with one attached hydrogen (secondary N) is 1. The average molecular weight is 589 g/mol. The molecule has 1 aliphatic carbocycles. The van der Waals surface area contributed by atoms with Crippen LogP contribution in [0.3, 0.4) is 0 Å². The fourth-order valence-electron chi connectivity index (χ4n) is 5.45. The first-order valence-electron chi connectivity index (χ1n) is 15.1. The Morgan fingerprint density at radius 3 is 2.55 bits per heavy atom. The molecule has 1 saturated carbocycles. The number of thiazole rings is 1. The van der Waals surface area contributed by atoms with Crippen LogP contribution in [0.5, 0.6) is 0 Å². The van der Waals surface area contributed by atoms with Gasteiger partial charge in [0.2, 0.25) is 4.96 Å². The highest BCUT2D eigenvalue weighted by molar-refractivity contribution is 7.23.